The molecular formula is C25H28N4O. The third-order valence-corrected chi connectivity index (χ3v) is 6.62. The second kappa shape index (κ2) is 8.07. The predicted octanol–water partition coefficient (Wildman–Crippen LogP) is 3.58. The van der Waals surface area contributed by atoms with Gasteiger partial charge in [0.15, 0.2) is 0 Å². The molecule has 0 saturated carbocycles. The van der Waals surface area contributed by atoms with E-state index >= 15 is 0 Å². The molecular weight excluding hydrogens is 372 g/mol. The van der Waals surface area contributed by atoms with Gasteiger partial charge in [-0.25, -0.2) is 0 Å². The molecule has 1 aromatic heterocycles. The average molecular weight is 401 g/mol. The topological polar surface area (TPSA) is 41.4 Å². The fraction of sp³-hybridized carbons (Fsp3) is 0.360. The molecule has 2 fully saturated rings. The van der Waals surface area contributed by atoms with Gasteiger partial charge < -0.3 is 4.90 Å². The van der Waals surface area contributed by atoms with Gasteiger partial charge in [0.1, 0.15) is 0 Å². The molecule has 2 aliphatic rings. The van der Waals surface area contributed by atoms with Crippen LogP contribution in [-0.2, 0) is 17.9 Å². The van der Waals surface area contributed by atoms with Crippen molar-refractivity contribution in [2.45, 2.75) is 26.1 Å². The van der Waals surface area contributed by atoms with Crippen molar-refractivity contribution in [3.05, 3.63) is 89.7 Å². The van der Waals surface area contributed by atoms with Crippen molar-refractivity contribution in [2.24, 2.45) is 11.8 Å². The molecule has 5 rings (SSSR count). The molecule has 5 heteroatoms. The van der Waals surface area contributed by atoms with Crippen LogP contribution in [0.15, 0.2) is 73.1 Å². The van der Waals surface area contributed by atoms with E-state index in [1.54, 1.807) is 6.92 Å². The fourth-order valence-electron chi connectivity index (χ4n) is 5.26. The lowest BCUT2D eigenvalue weighted by atomic mass is 9.89. The van der Waals surface area contributed by atoms with Crippen LogP contribution in [0.2, 0.25) is 0 Å². The first-order valence-electron chi connectivity index (χ1n) is 10.8. The third kappa shape index (κ3) is 3.77. The van der Waals surface area contributed by atoms with Gasteiger partial charge in [-0.05, 0) is 28.7 Å². The van der Waals surface area contributed by atoms with Crippen molar-refractivity contribution in [3.8, 4) is 0 Å². The molecule has 5 nitrogen and oxygen atoms in total. The highest BCUT2D eigenvalue weighted by atomic mass is 16.2. The van der Waals surface area contributed by atoms with Crippen LogP contribution in [0.5, 0.6) is 0 Å². The van der Waals surface area contributed by atoms with E-state index in [-0.39, 0.29) is 11.9 Å². The normalized spacial score (nSPS) is 23.6. The van der Waals surface area contributed by atoms with E-state index in [1.165, 1.54) is 16.7 Å². The highest BCUT2D eigenvalue weighted by Crippen LogP contribution is 2.45. The maximum atomic E-state index is 12.3. The number of rotatable bonds is 5. The first kappa shape index (κ1) is 19.1. The zero-order valence-electron chi connectivity index (χ0n) is 17.4. The van der Waals surface area contributed by atoms with E-state index < -0.39 is 0 Å². The summed E-state index contributed by atoms with van der Waals surface area (Å²) in [6, 6.07) is 21.6. The van der Waals surface area contributed by atoms with Crippen LogP contribution in [0, 0.1) is 11.8 Å². The molecule has 3 heterocycles. The lowest BCUT2D eigenvalue weighted by Gasteiger charge is -2.29. The Hall–Kier alpha value is -2.92. The van der Waals surface area contributed by atoms with Crippen LogP contribution in [0.25, 0.3) is 0 Å². The van der Waals surface area contributed by atoms with Gasteiger partial charge in [0.2, 0.25) is 5.91 Å². The van der Waals surface area contributed by atoms with Gasteiger partial charge in [-0.2, -0.15) is 5.10 Å². The number of aromatic nitrogens is 2. The molecule has 154 valence electrons. The van der Waals surface area contributed by atoms with E-state index in [0.717, 1.165) is 32.7 Å². The van der Waals surface area contributed by atoms with Gasteiger partial charge >= 0.3 is 0 Å². The number of nitrogens with zero attached hydrogens (tertiary/aromatic N) is 4. The van der Waals surface area contributed by atoms with Crippen LogP contribution in [0.1, 0.15) is 29.7 Å². The molecule has 2 aromatic carbocycles. The minimum absolute atomic E-state index is 0.192. The number of hydrogen-bond acceptors (Lipinski definition) is 3. The minimum Gasteiger partial charge on any atom is -0.335 e. The largest absolute Gasteiger partial charge is 0.335 e. The Kier molecular flexibility index (Phi) is 5.13. The van der Waals surface area contributed by atoms with Crippen LogP contribution in [0.4, 0.5) is 0 Å². The maximum absolute atomic E-state index is 12.3. The Morgan fingerprint density at radius 3 is 2.33 bits per heavy atom. The Balaban J connectivity index is 1.26. The molecule has 0 aliphatic carbocycles. The summed E-state index contributed by atoms with van der Waals surface area (Å²) in [6.45, 7) is 6.46. The van der Waals surface area contributed by atoms with Gasteiger partial charge in [0.25, 0.3) is 0 Å². The summed E-state index contributed by atoms with van der Waals surface area (Å²) in [4.78, 5) is 16.9. The van der Waals surface area contributed by atoms with E-state index in [0.29, 0.717) is 11.8 Å². The number of likely N-dealkylation sites (tertiary alicyclic amines) is 2. The smallest absolute Gasteiger partial charge is 0.219 e. The molecule has 0 radical (unpaired) electrons. The molecule has 3 aromatic rings. The third-order valence-electron chi connectivity index (χ3n) is 6.62. The van der Waals surface area contributed by atoms with Crippen molar-refractivity contribution < 1.29 is 4.79 Å². The Labute approximate surface area is 177 Å². The van der Waals surface area contributed by atoms with E-state index in [9.17, 15) is 4.79 Å². The summed E-state index contributed by atoms with van der Waals surface area (Å²) >= 11 is 0. The summed E-state index contributed by atoms with van der Waals surface area (Å²) in [5.41, 5.74) is 3.88. The molecule has 2 saturated heterocycles. The predicted molar refractivity (Wildman–Crippen MR) is 117 cm³/mol. The molecule has 30 heavy (non-hydrogen) atoms. The van der Waals surface area contributed by atoms with Crippen molar-refractivity contribution >= 4 is 5.91 Å². The quantitative estimate of drug-likeness (QED) is 0.657. The molecule has 1 amide bonds. The fourth-order valence-corrected chi connectivity index (χ4v) is 5.26. The molecule has 0 N–H and O–H groups in total. The van der Waals surface area contributed by atoms with Gasteiger partial charge in [0, 0.05) is 51.4 Å². The first-order chi connectivity index (χ1) is 14.7. The van der Waals surface area contributed by atoms with Crippen LogP contribution >= 0.6 is 0 Å². The molecule has 3 atom stereocenters. The van der Waals surface area contributed by atoms with E-state index in [4.69, 9.17) is 0 Å². The van der Waals surface area contributed by atoms with E-state index in [1.807, 2.05) is 29.2 Å². The molecule has 2 aliphatic heterocycles. The Bertz CT molecular complexity index is 984. The first-order valence-corrected chi connectivity index (χ1v) is 10.8. The summed E-state index contributed by atoms with van der Waals surface area (Å²) in [6.07, 6.45) is 3.80. The van der Waals surface area contributed by atoms with Crippen molar-refractivity contribution in [1.82, 2.24) is 19.6 Å². The summed E-state index contributed by atoms with van der Waals surface area (Å²) in [5.74, 6) is 1.26. The highest BCUT2D eigenvalue weighted by Gasteiger charge is 2.48. The van der Waals surface area contributed by atoms with Crippen molar-refractivity contribution in [3.63, 3.8) is 0 Å². The van der Waals surface area contributed by atoms with Crippen LogP contribution in [-0.4, -0.2) is 45.1 Å². The van der Waals surface area contributed by atoms with Gasteiger partial charge in [-0.3, -0.25) is 14.4 Å². The number of carbonyl (C=O) groups is 1. The molecule has 0 bridgehead atoms. The lowest BCUT2D eigenvalue weighted by Crippen LogP contribution is -2.34. The van der Waals surface area contributed by atoms with Crippen LogP contribution in [0.3, 0.4) is 0 Å². The SMILES string of the molecule is CC(=O)N1C[C@H]2CN(Cc3ccc(Cn4cccn4)cc3)C[C@H]2[C@@H]1c1ccccc1. The van der Waals surface area contributed by atoms with Gasteiger partial charge in [-0.15, -0.1) is 0 Å². The number of carbonyl (C=O) groups excluding carboxylic acids is 1. The van der Waals surface area contributed by atoms with E-state index in [2.05, 4.69) is 63.4 Å². The minimum atomic E-state index is 0.192. The summed E-state index contributed by atoms with van der Waals surface area (Å²) in [5, 5.41) is 4.28. The number of fused-ring (bicyclic) bond motifs is 1. The number of hydrogen-bond donors (Lipinski definition) is 0. The Morgan fingerprint density at radius 1 is 0.933 bits per heavy atom. The summed E-state index contributed by atoms with van der Waals surface area (Å²) in [7, 11) is 0. The Morgan fingerprint density at radius 2 is 1.67 bits per heavy atom. The zero-order valence-corrected chi connectivity index (χ0v) is 17.4. The van der Waals surface area contributed by atoms with Gasteiger partial charge in [0.05, 0.1) is 12.6 Å². The monoisotopic (exact) mass is 400 g/mol. The lowest BCUT2D eigenvalue weighted by molar-refractivity contribution is -0.130. The average Bonchev–Trinajstić information content (AvgIpc) is 3.46. The number of amides is 1. The second-order valence-electron chi connectivity index (χ2n) is 8.67. The zero-order chi connectivity index (χ0) is 20.5. The molecule has 0 unspecified atom stereocenters. The van der Waals surface area contributed by atoms with Crippen molar-refractivity contribution in [1.29, 1.82) is 0 Å². The van der Waals surface area contributed by atoms with Crippen LogP contribution < -0.4 is 0 Å². The maximum Gasteiger partial charge on any atom is 0.219 e. The van der Waals surface area contributed by atoms with Gasteiger partial charge in [-0.1, -0.05) is 54.6 Å². The highest BCUT2D eigenvalue weighted by molar-refractivity contribution is 5.74. The van der Waals surface area contributed by atoms with Crippen molar-refractivity contribution in [2.75, 3.05) is 19.6 Å². The standard InChI is InChI=1S/C25H28N4O/c1-19(30)29-17-23-16-27(18-24(23)25(29)22-6-3-2-4-7-22)14-20-8-10-21(11-9-20)15-28-13-5-12-26-28/h2-13,23-25H,14-18H2,1H3/t23-,24-,25+/m1/s1. The number of benzene rings is 2. The molecule has 0 spiro atoms. The second-order valence-corrected chi connectivity index (χ2v) is 8.67. The summed E-state index contributed by atoms with van der Waals surface area (Å²) < 4.78 is 1.95.